The molecule has 3 aromatic heterocycles. The van der Waals surface area contributed by atoms with Crippen molar-refractivity contribution in [2.45, 2.75) is 17.8 Å². The molecule has 0 bridgehead atoms. The molecule has 10 nitrogen and oxygen atoms in total. The van der Waals surface area contributed by atoms with E-state index in [9.17, 15) is 9.59 Å². The summed E-state index contributed by atoms with van der Waals surface area (Å²) in [6.07, 6.45) is 3.08. The van der Waals surface area contributed by atoms with Crippen LogP contribution in [0.2, 0.25) is 5.02 Å². The van der Waals surface area contributed by atoms with E-state index in [2.05, 4.69) is 20.2 Å². The minimum atomic E-state index is -0.342. The number of amides is 2. The number of benzene rings is 1. The fraction of sp³-hybridized carbons (Fsp3) is 0.280. The summed E-state index contributed by atoms with van der Waals surface area (Å²) < 4.78 is 7.00. The van der Waals surface area contributed by atoms with Crippen LogP contribution in [0.1, 0.15) is 22.4 Å². The maximum absolute atomic E-state index is 13.0. The third-order valence-electron chi connectivity index (χ3n) is 5.83. The number of hydrogen-bond acceptors (Lipinski definition) is 9. The number of hydrogen-bond donors (Lipinski definition) is 0. The van der Waals surface area contributed by atoms with Gasteiger partial charge in [0.2, 0.25) is 0 Å². The minimum absolute atomic E-state index is 0.136. The summed E-state index contributed by atoms with van der Waals surface area (Å²) in [4.78, 5) is 36.9. The Bertz CT molecular complexity index is 1420. The van der Waals surface area contributed by atoms with Gasteiger partial charge in [-0.15, -0.1) is 21.5 Å². The zero-order chi connectivity index (χ0) is 26.5. The first kappa shape index (κ1) is 26.1. The zero-order valence-corrected chi connectivity index (χ0v) is 22.9. The molecule has 0 unspecified atom stereocenters. The number of nitrogens with zero attached hydrogens (tertiary/aromatic N) is 7. The van der Waals surface area contributed by atoms with Crippen LogP contribution >= 0.6 is 34.7 Å². The van der Waals surface area contributed by atoms with Gasteiger partial charge >= 0.3 is 6.09 Å². The standard InChI is InChI=1S/C25H24ClN7O3S2/c1-2-36-25(35)32-12-10-31(11-13-32)23(34)20-15-37-21(28-20)16-38-24-30-29-22(17-6-8-27-9-7-17)33(24)19-5-3-4-18(26)14-19/h3-9,14-15H,2,10-13,16H2,1H3. The maximum Gasteiger partial charge on any atom is 0.409 e. The van der Waals surface area contributed by atoms with E-state index in [0.29, 0.717) is 60.2 Å². The molecule has 1 aliphatic heterocycles. The molecule has 5 rings (SSSR count). The van der Waals surface area contributed by atoms with Gasteiger partial charge in [0.1, 0.15) is 10.7 Å². The lowest BCUT2D eigenvalue weighted by atomic mass is 10.2. The van der Waals surface area contributed by atoms with Gasteiger partial charge in [0, 0.05) is 54.5 Å². The Balaban J connectivity index is 1.28. The van der Waals surface area contributed by atoms with Crippen LogP contribution in [0.25, 0.3) is 17.1 Å². The Kier molecular flexibility index (Phi) is 8.20. The van der Waals surface area contributed by atoms with E-state index in [-0.39, 0.29) is 12.0 Å². The first-order valence-corrected chi connectivity index (χ1v) is 14.2. The highest BCUT2D eigenvalue weighted by Crippen LogP contribution is 2.31. The fourth-order valence-electron chi connectivity index (χ4n) is 3.97. The van der Waals surface area contributed by atoms with Crippen LogP contribution in [-0.2, 0) is 10.5 Å². The van der Waals surface area contributed by atoms with E-state index in [0.717, 1.165) is 16.3 Å². The third kappa shape index (κ3) is 5.82. The monoisotopic (exact) mass is 569 g/mol. The van der Waals surface area contributed by atoms with E-state index in [1.54, 1.807) is 34.5 Å². The zero-order valence-electron chi connectivity index (χ0n) is 20.5. The molecule has 196 valence electrons. The van der Waals surface area contributed by atoms with Gasteiger partial charge in [-0.05, 0) is 37.3 Å². The predicted octanol–water partition coefficient (Wildman–Crippen LogP) is 4.65. The molecule has 4 aromatic rings. The summed E-state index contributed by atoms with van der Waals surface area (Å²) in [5.41, 5.74) is 2.13. The van der Waals surface area contributed by atoms with Crippen LogP contribution < -0.4 is 0 Å². The van der Waals surface area contributed by atoms with Gasteiger partial charge in [0.25, 0.3) is 5.91 Å². The lowest BCUT2D eigenvalue weighted by Crippen LogP contribution is -2.50. The van der Waals surface area contributed by atoms with Gasteiger partial charge in [-0.2, -0.15) is 0 Å². The molecule has 0 radical (unpaired) electrons. The first-order valence-electron chi connectivity index (χ1n) is 11.9. The SMILES string of the molecule is CCOC(=O)N1CCN(C(=O)c2csc(CSc3nnc(-c4ccncc4)n3-c3cccc(Cl)c3)n2)CC1. The van der Waals surface area contributed by atoms with Crippen molar-refractivity contribution in [2.75, 3.05) is 32.8 Å². The molecule has 0 aliphatic carbocycles. The molecular weight excluding hydrogens is 546 g/mol. The van der Waals surface area contributed by atoms with E-state index in [1.807, 2.05) is 41.0 Å². The van der Waals surface area contributed by atoms with Crippen LogP contribution in [-0.4, -0.2) is 79.3 Å². The van der Waals surface area contributed by atoms with Gasteiger partial charge in [-0.25, -0.2) is 9.78 Å². The van der Waals surface area contributed by atoms with Crippen LogP contribution in [0, 0.1) is 0 Å². The molecule has 1 saturated heterocycles. The molecule has 4 heterocycles. The van der Waals surface area contributed by atoms with Crippen molar-refractivity contribution in [3.8, 4) is 17.1 Å². The normalized spacial score (nSPS) is 13.5. The van der Waals surface area contributed by atoms with Crippen LogP contribution in [0.5, 0.6) is 0 Å². The largest absolute Gasteiger partial charge is 0.450 e. The van der Waals surface area contributed by atoms with Crippen LogP contribution in [0.4, 0.5) is 4.79 Å². The topological polar surface area (TPSA) is 106 Å². The quantitative estimate of drug-likeness (QED) is 0.296. The van der Waals surface area contributed by atoms with Gasteiger partial charge in [-0.1, -0.05) is 29.4 Å². The van der Waals surface area contributed by atoms with Crippen molar-refractivity contribution in [1.82, 2.24) is 34.5 Å². The Morgan fingerprint density at radius 2 is 1.84 bits per heavy atom. The molecule has 13 heteroatoms. The second-order valence-electron chi connectivity index (χ2n) is 8.25. The van der Waals surface area contributed by atoms with E-state index >= 15 is 0 Å². The number of aromatic nitrogens is 5. The van der Waals surface area contributed by atoms with Gasteiger partial charge in [0.05, 0.1) is 18.0 Å². The summed E-state index contributed by atoms with van der Waals surface area (Å²) in [7, 11) is 0. The summed E-state index contributed by atoms with van der Waals surface area (Å²) in [5, 5.41) is 12.7. The molecule has 0 atom stereocenters. The lowest BCUT2D eigenvalue weighted by Gasteiger charge is -2.33. The summed E-state index contributed by atoms with van der Waals surface area (Å²) in [6, 6.07) is 11.3. The van der Waals surface area contributed by atoms with Crippen molar-refractivity contribution in [2.24, 2.45) is 0 Å². The van der Waals surface area contributed by atoms with Crippen molar-refractivity contribution >= 4 is 46.7 Å². The highest BCUT2D eigenvalue weighted by Gasteiger charge is 2.27. The lowest BCUT2D eigenvalue weighted by molar-refractivity contribution is 0.0566. The fourth-order valence-corrected chi connectivity index (χ4v) is 5.89. The number of pyridine rings is 1. The average molecular weight is 570 g/mol. The predicted molar refractivity (Wildman–Crippen MR) is 146 cm³/mol. The first-order chi connectivity index (χ1) is 18.5. The van der Waals surface area contributed by atoms with E-state index < -0.39 is 0 Å². The molecule has 0 spiro atoms. The van der Waals surface area contributed by atoms with Crippen molar-refractivity contribution in [3.05, 3.63) is 69.9 Å². The number of thiazole rings is 1. The molecule has 1 fully saturated rings. The maximum atomic E-state index is 13.0. The minimum Gasteiger partial charge on any atom is -0.450 e. The number of piperazine rings is 1. The third-order valence-corrected chi connectivity index (χ3v) is 8.03. The molecule has 1 aliphatic rings. The highest BCUT2D eigenvalue weighted by molar-refractivity contribution is 7.98. The van der Waals surface area contributed by atoms with Gasteiger partial charge < -0.3 is 14.5 Å². The average Bonchev–Trinajstić information content (AvgIpc) is 3.60. The molecule has 1 aromatic carbocycles. The van der Waals surface area contributed by atoms with Crippen molar-refractivity contribution in [1.29, 1.82) is 0 Å². The Morgan fingerprint density at radius 1 is 1.08 bits per heavy atom. The number of carbonyl (C=O) groups excluding carboxylic acids is 2. The van der Waals surface area contributed by atoms with Gasteiger partial charge in [0.15, 0.2) is 11.0 Å². The Hall–Kier alpha value is -3.48. The van der Waals surface area contributed by atoms with Crippen LogP contribution in [0.15, 0.2) is 59.3 Å². The number of halogens is 1. The van der Waals surface area contributed by atoms with Crippen LogP contribution in [0.3, 0.4) is 0 Å². The van der Waals surface area contributed by atoms with Crippen molar-refractivity contribution < 1.29 is 14.3 Å². The molecule has 0 N–H and O–H groups in total. The summed E-state index contributed by atoms with van der Waals surface area (Å²) in [5.74, 6) is 1.06. The number of ether oxygens (including phenoxy) is 1. The number of carbonyl (C=O) groups is 2. The number of rotatable bonds is 7. The summed E-state index contributed by atoms with van der Waals surface area (Å²) in [6.45, 7) is 3.88. The molecule has 0 saturated carbocycles. The summed E-state index contributed by atoms with van der Waals surface area (Å²) >= 11 is 9.19. The Morgan fingerprint density at radius 3 is 2.58 bits per heavy atom. The Labute approximate surface area is 232 Å². The number of thioether (sulfide) groups is 1. The molecule has 38 heavy (non-hydrogen) atoms. The smallest absolute Gasteiger partial charge is 0.409 e. The van der Waals surface area contributed by atoms with E-state index in [1.165, 1.54) is 23.1 Å². The van der Waals surface area contributed by atoms with E-state index in [4.69, 9.17) is 16.3 Å². The molecule has 2 amide bonds. The molecular formula is C25H24ClN7O3S2. The second kappa shape index (κ2) is 11.9. The highest BCUT2D eigenvalue weighted by atomic mass is 35.5. The second-order valence-corrected chi connectivity index (χ2v) is 10.6. The van der Waals surface area contributed by atoms with Crippen molar-refractivity contribution in [3.63, 3.8) is 0 Å². The van der Waals surface area contributed by atoms with Gasteiger partial charge in [-0.3, -0.25) is 14.3 Å².